The van der Waals surface area contributed by atoms with Gasteiger partial charge < -0.3 is 20.9 Å². The molecule has 25 heavy (non-hydrogen) atoms. The van der Waals surface area contributed by atoms with E-state index >= 15 is 0 Å². The molecule has 0 aliphatic heterocycles. The first-order valence-corrected chi connectivity index (χ1v) is 9.57. The fourth-order valence-electron chi connectivity index (χ4n) is 2.64. The molecule has 1 amide bonds. The third kappa shape index (κ3) is 12.4. The molecule has 0 spiro atoms. The molecule has 148 valence electrons. The minimum Gasteiger partial charge on any atom is -0.356 e. The maximum absolute atomic E-state index is 11.6. The van der Waals surface area contributed by atoms with Gasteiger partial charge in [0.05, 0.1) is 0 Å². The van der Waals surface area contributed by atoms with Crippen LogP contribution in [0.5, 0.6) is 0 Å². The first kappa shape index (κ1) is 24.4. The predicted molar refractivity (Wildman–Crippen MR) is 117 cm³/mol. The molecule has 1 aliphatic rings. The summed E-state index contributed by atoms with van der Waals surface area (Å²) in [7, 11) is 1.79. The van der Waals surface area contributed by atoms with Gasteiger partial charge in [-0.25, -0.2) is 0 Å². The fraction of sp³-hybridized carbons (Fsp3) is 0.889. The summed E-state index contributed by atoms with van der Waals surface area (Å²) < 4.78 is 0. The number of hydrogen-bond acceptors (Lipinski definition) is 3. The van der Waals surface area contributed by atoms with Crippen molar-refractivity contribution in [1.82, 2.24) is 20.9 Å². The van der Waals surface area contributed by atoms with E-state index in [0.717, 1.165) is 57.8 Å². The Hall–Kier alpha value is -0.570. The second kappa shape index (κ2) is 14.6. The van der Waals surface area contributed by atoms with E-state index in [2.05, 4.69) is 46.6 Å². The molecule has 3 N–H and O–H groups in total. The fourth-order valence-corrected chi connectivity index (χ4v) is 2.64. The van der Waals surface area contributed by atoms with Crippen molar-refractivity contribution in [3.05, 3.63) is 0 Å². The SMILES string of the molecule is CCN(CC)CCCC(C)NC(=NC)NCCCC(=O)NC1CC1.I. The second-order valence-electron chi connectivity index (χ2n) is 6.66. The van der Waals surface area contributed by atoms with Gasteiger partial charge in [0, 0.05) is 32.1 Å². The number of halogens is 1. The van der Waals surface area contributed by atoms with Crippen molar-refractivity contribution in [2.75, 3.05) is 33.2 Å². The molecule has 0 aromatic heterocycles. The Balaban J connectivity index is 0.00000576. The topological polar surface area (TPSA) is 68.8 Å². The van der Waals surface area contributed by atoms with E-state index in [1.807, 2.05) is 0 Å². The van der Waals surface area contributed by atoms with Crippen LogP contribution in [0.1, 0.15) is 59.3 Å². The minimum atomic E-state index is 0. The number of guanidine groups is 1. The molecule has 0 aromatic carbocycles. The highest BCUT2D eigenvalue weighted by Crippen LogP contribution is 2.18. The summed E-state index contributed by atoms with van der Waals surface area (Å²) >= 11 is 0. The molecular weight excluding hydrogens is 429 g/mol. The van der Waals surface area contributed by atoms with Crippen LogP contribution in [0.4, 0.5) is 0 Å². The smallest absolute Gasteiger partial charge is 0.220 e. The number of carbonyl (C=O) groups is 1. The Morgan fingerprint density at radius 1 is 1.24 bits per heavy atom. The van der Waals surface area contributed by atoms with E-state index in [4.69, 9.17) is 0 Å². The highest BCUT2D eigenvalue weighted by Gasteiger charge is 2.22. The number of carbonyl (C=O) groups excluding carboxylic acids is 1. The molecule has 0 radical (unpaired) electrons. The lowest BCUT2D eigenvalue weighted by Gasteiger charge is -2.21. The Morgan fingerprint density at radius 3 is 2.48 bits per heavy atom. The summed E-state index contributed by atoms with van der Waals surface area (Å²) in [5.74, 6) is 1.000. The molecule has 1 fully saturated rings. The minimum absolute atomic E-state index is 0. The van der Waals surface area contributed by atoms with Crippen molar-refractivity contribution in [2.24, 2.45) is 4.99 Å². The average Bonchev–Trinajstić information content (AvgIpc) is 3.38. The molecule has 0 heterocycles. The lowest BCUT2D eigenvalue weighted by molar-refractivity contribution is -0.121. The van der Waals surface area contributed by atoms with Crippen LogP contribution in [0.25, 0.3) is 0 Å². The van der Waals surface area contributed by atoms with Crippen LogP contribution in [-0.4, -0.2) is 62.1 Å². The maximum Gasteiger partial charge on any atom is 0.220 e. The summed E-state index contributed by atoms with van der Waals surface area (Å²) in [5, 5.41) is 9.73. The molecule has 1 rings (SSSR count). The van der Waals surface area contributed by atoms with Crippen LogP contribution in [0.15, 0.2) is 4.99 Å². The monoisotopic (exact) mass is 467 g/mol. The standard InChI is InChI=1S/C18H37N5O.HI/c1-5-23(6-2)14-8-9-15(3)21-18(19-4)20-13-7-10-17(24)22-16-11-12-16;/h15-16H,5-14H2,1-4H3,(H,22,24)(H2,19,20,21);1H. The first-order chi connectivity index (χ1) is 11.6. The van der Waals surface area contributed by atoms with Crippen molar-refractivity contribution in [3.8, 4) is 0 Å². The van der Waals surface area contributed by atoms with E-state index in [-0.39, 0.29) is 29.9 Å². The predicted octanol–water partition coefficient (Wildman–Crippen LogP) is 2.34. The zero-order valence-corrected chi connectivity index (χ0v) is 18.8. The van der Waals surface area contributed by atoms with Crippen molar-refractivity contribution in [1.29, 1.82) is 0 Å². The van der Waals surface area contributed by atoms with Crippen molar-refractivity contribution < 1.29 is 4.79 Å². The molecule has 1 saturated carbocycles. The van der Waals surface area contributed by atoms with Crippen LogP contribution in [0.3, 0.4) is 0 Å². The lowest BCUT2D eigenvalue weighted by Crippen LogP contribution is -2.43. The molecule has 0 aromatic rings. The summed E-state index contributed by atoms with van der Waals surface area (Å²) in [6.45, 7) is 10.8. The van der Waals surface area contributed by atoms with Gasteiger partial charge >= 0.3 is 0 Å². The number of amides is 1. The molecule has 1 atom stereocenters. The Bertz CT molecular complexity index is 384. The van der Waals surface area contributed by atoms with E-state index in [1.165, 1.54) is 6.42 Å². The van der Waals surface area contributed by atoms with Crippen LogP contribution in [0.2, 0.25) is 0 Å². The Labute approximate surface area is 171 Å². The molecule has 6 nitrogen and oxygen atoms in total. The van der Waals surface area contributed by atoms with E-state index in [1.54, 1.807) is 7.05 Å². The molecule has 7 heteroatoms. The highest BCUT2D eigenvalue weighted by molar-refractivity contribution is 14.0. The molecule has 0 bridgehead atoms. The lowest BCUT2D eigenvalue weighted by atomic mass is 10.2. The third-order valence-electron chi connectivity index (χ3n) is 4.43. The van der Waals surface area contributed by atoms with Gasteiger partial charge in [0.1, 0.15) is 0 Å². The van der Waals surface area contributed by atoms with Gasteiger partial charge in [0.25, 0.3) is 0 Å². The number of nitrogens with zero attached hydrogens (tertiary/aromatic N) is 2. The number of hydrogen-bond donors (Lipinski definition) is 3. The number of rotatable bonds is 12. The second-order valence-corrected chi connectivity index (χ2v) is 6.66. The van der Waals surface area contributed by atoms with Crippen LogP contribution in [-0.2, 0) is 4.79 Å². The number of aliphatic imine (C=N–C) groups is 1. The van der Waals surface area contributed by atoms with Crippen molar-refractivity contribution in [2.45, 2.75) is 71.4 Å². The van der Waals surface area contributed by atoms with Crippen LogP contribution >= 0.6 is 24.0 Å². The Morgan fingerprint density at radius 2 is 1.92 bits per heavy atom. The van der Waals surface area contributed by atoms with Gasteiger partial charge in [-0.1, -0.05) is 13.8 Å². The van der Waals surface area contributed by atoms with Gasteiger partial charge in [-0.15, -0.1) is 24.0 Å². The largest absolute Gasteiger partial charge is 0.356 e. The van der Waals surface area contributed by atoms with Gasteiger partial charge in [-0.05, 0) is 58.7 Å². The normalized spacial score (nSPS) is 15.5. The average molecular weight is 467 g/mol. The molecule has 0 saturated heterocycles. The zero-order valence-electron chi connectivity index (χ0n) is 16.4. The van der Waals surface area contributed by atoms with Gasteiger partial charge in [-0.2, -0.15) is 0 Å². The van der Waals surface area contributed by atoms with E-state index in [0.29, 0.717) is 18.5 Å². The van der Waals surface area contributed by atoms with E-state index < -0.39 is 0 Å². The summed E-state index contributed by atoms with van der Waals surface area (Å²) in [5.41, 5.74) is 0. The van der Waals surface area contributed by atoms with Gasteiger partial charge in [-0.3, -0.25) is 9.79 Å². The van der Waals surface area contributed by atoms with Crippen LogP contribution in [0, 0.1) is 0 Å². The molecule has 1 aliphatic carbocycles. The van der Waals surface area contributed by atoms with E-state index in [9.17, 15) is 4.79 Å². The Kier molecular flexibility index (Phi) is 14.3. The summed E-state index contributed by atoms with van der Waals surface area (Å²) in [6.07, 6.45) is 6.02. The number of nitrogens with one attached hydrogen (secondary N) is 3. The first-order valence-electron chi connectivity index (χ1n) is 9.57. The van der Waals surface area contributed by atoms with Gasteiger partial charge in [0.2, 0.25) is 5.91 Å². The summed E-state index contributed by atoms with van der Waals surface area (Å²) in [4.78, 5) is 18.3. The van der Waals surface area contributed by atoms with Gasteiger partial charge in [0.15, 0.2) is 5.96 Å². The quantitative estimate of drug-likeness (QED) is 0.178. The van der Waals surface area contributed by atoms with Crippen molar-refractivity contribution >= 4 is 35.8 Å². The maximum atomic E-state index is 11.6. The highest BCUT2D eigenvalue weighted by atomic mass is 127. The van der Waals surface area contributed by atoms with Crippen LogP contribution < -0.4 is 16.0 Å². The molecule has 1 unspecified atom stereocenters. The third-order valence-corrected chi connectivity index (χ3v) is 4.43. The zero-order chi connectivity index (χ0) is 17.8. The molecular formula is C18H38IN5O. The summed E-state index contributed by atoms with van der Waals surface area (Å²) in [6, 6.07) is 0.849. The van der Waals surface area contributed by atoms with Crippen molar-refractivity contribution in [3.63, 3.8) is 0 Å².